The number of hydrogen-bond donors (Lipinski definition) is 2. The molecule has 1 heterocycles. The summed E-state index contributed by atoms with van der Waals surface area (Å²) in [6, 6.07) is 6.96. The van der Waals surface area contributed by atoms with Crippen LogP contribution in [0, 0.1) is 11.6 Å². The molecular weight excluding hydrogens is 256 g/mol. The molecule has 0 aliphatic carbocycles. The Kier molecular flexibility index (Phi) is 4.11. The summed E-state index contributed by atoms with van der Waals surface area (Å²) < 4.78 is 26.4. The predicted octanol–water partition coefficient (Wildman–Crippen LogP) is 2.94. The quantitative estimate of drug-likeness (QED) is 0.508. The minimum Gasteiger partial charge on any atom is -0.308 e. The van der Waals surface area contributed by atoms with E-state index in [1.807, 2.05) is 0 Å². The highest BCUT2D eigenvalue weighted by Crippen LogP contribution is 2.26. The van der Waals surface area contributed by atoms with Crippen molar-refractivity contribution in [3.8, 4) is 0 Å². The van der Waals surface area contributed by atoms with Crippen molar-refractivity contribution in [3.05, 3.63) is 53.7 Å². The molecule has 1 aromatic carbocycles. The zero-order valence-corrected chi connectivity index (χ0v) is 10.2. The van der Waals surface area contributed by atoms with Gasteiger partial charge in [-0.2, -0.15) is 0 Å². The maximum Gasteiger partial charge on any atom is 0.140 e. The van der Waals surface area contributed by atoms with Crippen molar-refractivity contribution >= 4 is 17.6 Å². The molecule has 1 aromatic heterocycles. The van der Waals surface area contributed by atoms with E-state index in [2.05, 4.69) is 10.4 Å². The lowest BCUT2D eigenvalue weighted by molar-refractivity contribution is 0.577. The molecule has 0 saturated heterocycles. The molecule has 6 heteroatoms. The van der Waals surface area contributed by atoms with Crippen LogP contribution in [-0.4, -0.2) is 4.98 Å². The fourth-order valence-corrected chi connectivity index (χ4v) is 2.30. The summed E-state index contributed by atoms with van der Waals surface area (Å²) in [5, 5.41) is 0. The second kappa shape index (κ2) is 5.79. The molecule has 2 rings (SSSR count). The standard InChI is InChI=1S/C12H11F2N3S/c13-9-1-2-10(14)11(6-9)18-7-8-3-4-16-12(5-8)17-15/h1-6H,7,15H2,(H,16,17). The van der Waals surface area contributed by atoms with Crippen LogP contribution < -0.4 is 11.3 Å². The van der Waals surface area contributed by atoms with Gasteiger partial charge in [0, 0.05) is 16.8 Å². The highest BCUT2D eigenvalue weighted by Gasteiger charge is 2.05. The van der Waals surface area contributed by atoms with E-state index in [1.165, 1.54) is 17.8 Å². The SMILES string of the molecule is NNc1cc(CSc2cc(F)ccc2F)ccn1. The monoisotopic (exact) mass is 267 g/mol. The van der Waals surface area contributed by atoms with Crippen LogP contribution in [0.25, 0.3) is 0 Å². The lowest BCUT2D eigenvalue weighted by Gasteiger charge is -2.05. The largest absolute Gasteiger partial charge is 0.308 e. The molecule has 3 nitrogen and oxygen atoms in total. The fourth-order valence-electron chi connectivity index (χ4n) is 1.39. The van der Waals surface area contributed by atoms with Crippen molar-refractivity contribution in [2.45, 2.75) is 10.6 Å². The Balaban J connectivity index is 2.08. The number of nitrogens with one attached hydrogen (secondary N) is 1. The number of hydrogen-bond acceptors (Lipinski definition) is 4. The van der Waals surface area contributed by atoms with E-state index in [0.29, 0.717) is 11.6 Å². The van der Waals surface area contributed by atoms with Crippen LogP contribution in [0.1, 0.15) is 5.56 Å². The molecule has 0 spiro atoms. The number of hydrazine groups is 1. The van der Waals surface area contributed by atoms with Gasteiger partial charge in [-0.3, -0.25) is 0 Å². The molecule has 0 aliphatic heterocycles. The fraction of sp³-hybridized carbons (Fsp3) is 0.0833. The van der Waals surface area contributed by atoms with Crippen LogP contribution in [-0.2, 0) is 5.75 Å². The van der Waals surface area contributed by atoms with Gasteiger partial charge in [0.15, 0.2) is 0 Å². The third-order valence-electron chi connectivity index (χ3n) is 2.26. The Bertz CT molecular complexity index is 549. The summed E-state index contributed by atoms with van der Waals surface area (Å²) in [4.78, 5) is 4.25. The van der Waals surface area contributed by atoms with E-state index >= 15 is 0 Å². The number of nitrogens with two attached hydrogens (primary N) is 1. The highest BCUT2D eigenvalue weighted by molar-refractivity contribution is 7.98. The van der Waals surface area contributed by atoms with Crippen LogP contribution in [0.5, 0.6) is 0 Å². The third kappa shape index (κ3) is 3.18. The van der Waals surface area contributed by atoms with E-state index < -0.39 is 11.6 Å². The van der Waals surface area contributed by atoms with Crippen molar-refractivity contribution in [2.24, 2.45) is 5.84 Å². The number of pyridine rings is 1. The molecule has 0 radical (unpaired) electrons. The minimum atomic E-state index is -0.446. The average molecular weight is 267 g/mol. The molecule has 0 bridgehead atoms. The third-order valence-corrected chi connectivity index (χ3v) is 3.36. The van der Waals surface area contributed by atoms with Crippen molar-refractivity contribution in [1.29, 1.82) is 0 Å². The van der Waals surface area contributed by atoms with Crippen molar-refractivity contribution in [3.63, 3.8) is 0 Å². The zero-order chi connectivity index (χ0) is 13.0. The molecule has 2 aromatic rings. The number of benzene rings is 1. The maximum absolute atomic E-state index is 13.4. The number of rotatable bonds is 4. The van der Waals surface area contributed by atoms with E-state index in [4.69, 9.17) is 5.84 Å². The van der Waals surface area contributed by atoms with Gasteiger partial charge >= 0.3 is 0 Å². The van der Waals surface area contributed by atoms with Gasteiger partial charge in [-0.05, 0) is 35.9 Å². The van der Waals surface area contributed by atoms with Crippen LogP contribution in [0.4, 0.5) is 14.6 Å². The summed E-state index contributed by atoms with van der Waals surface area (Å²) in [5.41, 5.74) is 3.35. The number of aromatic nitrogens is 1. The lowest BCUT2D eigenvalue weighted by atomic mass is 10.3. The summed E-state index contributed by atoms with van der Waals surface area (Å²) in [6.45, 7) is 0. The van der Waals surface area contributed by atoms with E-state index in [9.17, 15) is 8.78 Å². The van der Waals surface area contributed by atoms with Gasteiger partial charge in [-0.15, -0.1) is 11.8 Å². The predicted molar refractivity (Wildman–Crippen MR) is 68.0 cm³/mol. The second-order valence-corrected chi connectivity index (χ2v) is 4.57. The first-order chi connectivity index (χ1) is 8.69. The second-order valence-electron chi connectivity index (χ2n) is 3.56. The number of anilines is 1. The average Bonchev–Trinajstić information content (AvgIpc) is 2.40. The maximum atomic E-state index is 13.4. The molecular formula is C12H11F2N3S. The van der Waals surface area contributed by atoms with Crippen LogP contribution in [0.3, 0.4) is 0 Å². The van der Waals surface area contributed by atoms with Gasteiger partial charge < -0.3 is 5.43 Å². The summed E-state index contributed by atoms with van der Waals surface area (Å²) in [7, 11) is 0. The molecule has 0 atom stereocenters. The number of nitrogens with zero attached hydrogens (tertiary/aromatic N) is 1. The lowest BCUT2D eigenvalue weighted by Crippen LogP contribution is -2.08. The Morgan fingerprint density at radius 2 is 2.06 bits per heavy atom. The van der Waals surface area contributed by atoms with Crippen LogP contribution in [0.2, 0.25) is 0 Å². The van der Waals surface area contributed by atoms with E-state index in [0.717, 1.165) is 17.7 Å². The Hall–Kier alpha value is -1.66. The van der Waals surface area contributed by atoms with Gasteiger partial charge in [-0.25, -0.2) is 19.6 Å². The molecule has 0 amide bonds. The van der Waals surface area contributed by atoms with E-state index in [-0.39, 0.29) is 4.90 Å². The summed E-state index contributed by atoms with van der Waals surface area (Å²) >= 11 is 1.22. The van der Waals surface area contributed by atoms with Crippen molar-refractivity contribution < 1.29 is 8.78 Å². The topological polar surface area (TPSA) is 50.9 Å². The number of nitrogen functional groups attached to an aromatic ring is 1. The smallest absolute Gasteiger partial charge is 0.140 e. The zero-order valence-electron chi connectivity index (χ0n) is 9.36. The Morgan fingerprint density at radius 3 is 2.83 bits per heavy atom. The first kappa shape index (κ1) is 12.8. The summed E-state index contributed by atoms with van der Waals surface area (Å²) in [5.74, 6) is 5.42. The van der Waals surface area contributed by atoms with Crippen molar-refractivity contribution in [2.75, 3.05) is 5.43 Å². The van der Waals surface area contributed by atoms with E-state index in [1.54, 1.807) is 18.3 Å². The normalized spacial score (nSPS) is 10.4. The molecule has 94 valence electrons. The van der Waals surface area contributed by atoms with Gasteiger partial charge in [0.2, 0.25) is 0 Å². The Morgan fingerprint density at radius 1 is 1.22 bits per heavy atom. The summed E-state index contributed by atoms with van der Waals surface area (Å²) in [6.07, 6.45) is 1.60. The molecule has 3 N–H and O–H groups in total. The first-order valence-electron chi connectivity index (χ1n) is 5.18. The minimum absolute atomic E-state index is 0.286. The molecule has 0 fully saturated rings. The van der Waals surface area contributed by atoms with Crippen LogP contribution >= 0.6 is 11.8 Å². The number of halogens is 2. The molecule has 18 heavy (non-hydrogen) atoms. The van der Waals surface area contributed by atoms with Gasteiger partial charge in [0.1, 0.15) is 17.5 Å². The highest BCUT2D eigenvalue weighted by atomic mass is 32.2. The van der Waals surface area contributed by atoms with Gasteiger partial charge in [-0.1, -0.05) is 0 Å². The number of thioether (sulfide) groups is 1. The molecule has 0 saturated carbocycles. The molecule has 0 unspecified atom stereocenters. The van der Waals surface area contributed by atoms with Crippen LogP contribution in [0.15, 0.2) is 41.4 Å². The van der Waals surface area contributed by atoms with Gasteiger partial charge in [0.05, 0.1) is 0 Å². The van der Waals surface area contributed by atoms with Crippen molar-refractivity contribution in [1.82, 2.24) is 4.98 Å². The first-order valence-corrected chi connectivity index (χ1v) is 6.17. The molecule has 0 aliphatic rings. The van der Waals surface area contributed by atoms with Gasteiger partial charge in [0.25, 0.3) is 0 Å². The Labute approximate surface area is 107 Å².